The average Bonchev–Trinajstić information content (AvgIpc) is 2.42. The maximum Gasteiger partial charge on any atom is 0.322 e. The number of aryl methyl sites for hydroxylation is 2. The molecule has 3 heteroatoms. The van der Waals surface area contributed by atoms with Crippen LogP contribution in [-0.2, 0) is 0 Å². The highest BCUT2D eigenvalue weighted by molar-refractivity contribution is 5.90. The smallest absolute Gasteiger partial charge is 0.322 e. The quantitative estimate of drug-likeness (QED) is 0.853. The molecule has 2 amide bonds. The maximum atomic E-state index is 12.4. The van der Waals surface area contributed by atoms with Crippen molar-refractivity contribution in [2.45, 2.75) is 52.5 Å². The summed E-state index contributed by atoms with van der Waals surface area (Å²) in [6.45, 7) is 7.12. The zero-order chi connectivity index (χ0) is 13.8. The Labute approximate surface area is 116 Å². The van der Waals surface area contributed by atoms with Crippen LogP contribution in [0, 0.1) is 13.8 Å². The number of carbonyl (C=O) groups excluding carboxylic acids is 1. The predicted molar refractivity (Wildman–Crippen MR) is 79.6 cm³/mol. The summed E-state index contributed by atoms with van der Waals surface area (Å²) in [5.41, 5.74) is 3.22. The van der Waals surface area contributed by atoms with Gasteiger partial charge in [-0.1, -0.05) is 19.1 Å². The Morgan fingerprint density at radius 1 is 1.37 bits per heavy atom. The van der Waals surface area contributed by atoms with E-state index in [-0.39, 0.29) is 6.03 Å². The number of likely N-dealkylation sites (tertiary alicyclic amines) is 1. The number of anilines is 1. The molecule has 1 aromatic carbocycles. The first-order valence-electron chi connectivity index (χ1n) is 7.26. The Kier molecular flexibility index (Phi) is 4.46. The number of nitrogens with one attached hydrogen (secondary N) is 1. The van der Waals surface area contributed by atoms with Crippen molar-refractivity contribution in [3.63, 3.8) is 0 Å². The molecule has 0 radical (unpaired) electrons. The van der Waals surface area contributed by atoms with Gasteiger partial charge in [-0.25, -0.2) is 4.79 Å². The zero-order valence-corrected chi connectivity index (χ0v) is 12.2. The van der Waals surface area contributed by atoms with Crippen molar-refractivity contribution in [3.8, 4) is 0 Å². The van der Waals surface area contributed by atoms with Crippen LogP contribution < -0.4 is 5.32 Å². The number of nitrogens with zero attached hydrogens (tertiary/aromatic N) is 1. The first-order chi connectivity index (χ1) is 9.11. The fourth-order valence-electron chi connectivity index (χ4n) is 2.75. The van der Waals surface area contributed by atoms with Gasteiger partial charge in [-0.3, -0.25) is 0 Å². The van der Waals surface area contributed by atoms with E-state index >= 15 is 0 Å². The lowest BCUT2D eigenvalue weighted by molar-refractivity contribution is 0.160. The van der Waals surface area contributed by atoms with Crippen LogP contribution in [0.2, 0.25) is 0 Å². The normalized spacial score (nSPS) is 19.3. The summed E-state index contributed by atoms with van der Waals surface area (Å²) in [7, 11) is 0. The van der Waals surface area contributed by atoms with Crippen LogP contribution in [0.4, 0.5) is 10.5 Å². The first-order valence-corrected chi connectivity index (χ1v) is 7.26. The molecule has 19 heavy (non-hydrogen) atoms. The van der Waals surface area contributed by atoms with E-state index in [4.69, 9.17) is 0 Å². The second-order valence-electron chi connectivity index (χ2n) is 5.50. The molecule has 104 valence electrons. The molecule has 1 aliphatic heterocycles. The van der Waals surface area contributed by atoms with Crippen molar-refractivity contribution in [3.05, 3.63) is 29.3 Å². The summed E-state index contributed by atoms with van der Waals surface area (Å²) in [6.07, 6.45) is 4.54. The molecule has 3 nitrogen and oxygen atoms in total. The van der Waals surface area contributed by atoms with Gasteiger partial charge < -0.3 is 10.2 Å². The summed E-state index contributed by atoms with van der Waals surface area (Å²) in [5, 5.41) is 3.07. The van der Waals surface area contributed by atoms with Crippen molar-refractivity contribution in [1.29, 1.82) is 0 Å². The monoisotopic (exact) mass is 260 g/mol. The number of carbonyl (C=O) groups is 1. The van der Waals surface area contributed by atoms with Gasteiger partial charge >= 0.3 is 6.03 Å². The van der Waals surface area contributed by atoms with Gasteiger partial charge in [-0.05, 0) is 56.7 Å². The van der Waals surface area contributed by atoms with Gasteiger partial charge in [0.2, 0.25) is 0 Å². The van der Waals surface area contributed by atoms with Crippen molar-refractivity contribution >= 4 is 11.7 Å². The van der Waals surface area contributed by atoms with Crippen molar-refractivity contribution < 1.29 is 4.79 Å². The average molecular weight is 260 g/mol. The second kappa shape index (κ2) is 6.09. The van der Waals surface area contributed by atoms with Crippen LogP contribution in [0.3, 0.4) is 0 Å². The largest absolute Gasteiger partial charge is 0.322 e. The zero-order valence-electron chi connectivity index (χ0n) is 12.2. The molecule has 2 rings (SSSR count). The van der Waals surface area contributed by atoms with Crippen molar-refractivity contribution in [1.82, 2.24) is 4.90 Å². The van der Waals surface area contributed by atoms with E-state index < -0.39 is 0 Å². The van der Waals surface area contributed by atoms with E-state index in [0.29, 0.717) is 6.04 Å². The lowest BCUT2D eigenvalue weighted by atomic mass is 10.0. The summed E-state index contributed by atoms with van der Waals surface area (Å²) in [5.74, 6) is 0. The minimum atomic E-state index is 0.0558. The van der Waals surface area contributed by atoms with Crippen LogP contribution in [0.1, 0.15) is 43.7 Å². The molecule has 1 N–H and O–H groups in total. The minimum Gasteiger partial charge on any atom is -0.322 e. The molecular weight excluding hydrogens is 236 g/mol. The van der Waals surface area contributed by atoms with Gasteiger partial charge in [0.1, 0.15) is 0 Å². The fourth-order valence-corrected chi connectivity index (χ4v) is 2.75. The third-order valence-corrected chi connectivity index (χ3v) is 3.99. The number of urea groups is 1. The molecule has 0 saturated carbocycles. The second-order valence-corrected chi connectivity index (χ2v) is 5.50. The molecular formula is C16H24N2O. The minimum absolute atomic E-state index is 0.0558. The number of piperidine rings is 1. The maximum absolute atomic E-state index is 12.4. The summed E-state index contributed by atoms with van der Waals surface area (Å²) < 4.78 is 0. The standard InChI is InChI=1S/C16H24N2O/c1-4-14-7-5-6-10-18(14)16(19)17-15-11-12(2)8-9-13(15)3/h8-9,11,14H,4-7,10H2,1-3H3,(H,17,19). The molecule has 1 aliphatic rings. The van der Waals surface area contributed by atoms with E-state index in [9.17, 15) is 4.79 Å². The highest BCUT2D eigenvalue weighted by atomic mass is 16.2. The Morgan fingerprint density at radius 2 is 2.16 bits per heavy atom. The van der Waals surface area contributed by atoms with Crippen molar-refractivity contribution in [2.75, 3.05) is 11.9 Å². The summed E-state index contributed by atoms with van der Waals surface area (Å²) in [6, 6.07) is 6.62. The molecule has 1 heterocycles. The van der Waals surface area contributed by atoms with E-state index in [1.165, 1.54) is 12.0 Å². The van der Waals surface area contributed by atoms with Gasteiger partial charge in [0.05, 0.1) is 0 Å². The first kappa shape index (κ1) is 13.9. The number of amides is 2. The third-order valence-electron chi connectivity index (χ3n) is 3.99. The molecule has 0 aromatic heterocycles. The van der Waals surface area contributed by atoms with Crippen LogP contribution in [0.25, 0.3) is 0 Å². The van der Waals surface area contributed by atoms with E-state index in [1.807, 2.05) is 24.8 Å². The van der Waals surface area contributed by atoms with E-state index in [2.05, 4.69) is 24.4 Å². The van der Waals surface area contributed by atoms with Gasteiger partial charge in [-0.2, -0.15) is 0 Å². The van der Waals surface area contributed by atoms with Crippen LogP contribution in [-0.4, -0.2) is 23.5 Å². The third kappa shape index (κ3) is 3.28. The topological polar surface area (TPSA) is 32.3 Å². The van der Waals surface area contributed by atoms with Crippen LogP contribution in [0.5, 0.6) is 0 Å². The number of benzene rings is 1. The lowest BCUT2D eigenvalue weighted by Gasteiger charge is -2.35. The molecule has 1 unspecified atom stereocenters. The molecule has 0 bridgehead atoms. The summed E-state index contributed by atoms with van der Waals surface area (Å²) >= 11 is 0. The molecule has 1 saturated heterocycles. The molecule has 1 fully saturated rings. The lowest BCUT2D eigenvalue weighted by Crippen LogP contribution is -2.45. The highest BCUT2D eigenvalue weighted by Gasteiger charge is 2.25. The van der Waals surface area contributed by atoms with Crippen LogP contribution >= 0.6 is 0 Å². The Morgan fingerprint density at radius 3 is 2.89 bits per heavy atom. The van der Waals surface area contributed by atoms with Gasteiger partial charge in [0, 0.05) is 18.3 Å². The summed E-state index contributed by atoms with van der Waals surface area (Å²) in [4.78, 5) is 14.4. The molecule has 0 aliphatic carbocycles. The number of hydrogen-bond donors (Lipinski definition) is 1. The molecule has 0 spiro atoms. The van der Waals surface area contributed by atoms with Crippen LogP contribution in [0.15, 0.2) is 18.2 Å². The SMILES string of the molecule is CCC1CCCCN1C(=O)Nc1cc(C)ccc1C. The Hall–Kier alpha value is -1.51. The Bertz CT molecular complexity index is 456. The van der Waals surface area contributed by atoms with E-state index in [1.54, 1.807) is 0 Å². The fraction of sp³-hybridized carbons (Fsp3) is 0.562. The van der Waals surface area contributed by atoms with Gasteiger partial charge in [0.15, 0.2) is 0 Å². The highest BCUT2D eigenvalue weighted by Crippen LogP contribution is 2.22. The van der Waals surface area contributed by atoms with E-state index in [0.717, 1.165) is 37.1 Å². The number of rotatable bonds is 2. The van der Waals surface area contributed by atoms with Gasteiger partial charge in [-0.15, -0.1) is 0 Å². The predicted octanol–water partition coefficient (Wildman–Crippen LogP) is 4.10. The van der Waals surface area contributed by atoms with Gasteiger partial charge in [0.25, 0.3) is 0 Å². The number of hydrogen-bond acceptors (Lipinski definition) is 1. The molecule has 1 aromatic rings. The van der Waals surface area contributed by atoms with Crippen molar-refractivity contribution in [2.24, 2.45) is 0 Å². The molecule has 1 atom stereocenters. The Balaban J connectivity index is 2.09.